The number of hydrogen-bond donors (Lipinski definition) is 2. The number of anilines is 1. The second kappa shape index (κ2) is 5.72. The summed E-state index contributed by atoms with van der Waals surface area (Å²) in [6.07, 6.45) is 0.469. The molecule has 1 heterocycles. The molecule has 5 nitrogen and oxygen atoms in total. The van der Waals surface area contributed by atoms with Crippen LogP contribution in [-0.2, 0) is 4.79 Å². The summed E-state index contributed by atoms with van der Waals surface area (Å²) >= 11 is 0. The lowest BCUT2D eigenvalue weighted by atomic mass is 9.85. The molecule has 1 aromatic carbocycles. The summed E-state index contributed by atoms with van der Waals surface area (Å²) in [6.45, 7) is 1.83. The van der Waals surface area contributed by atoms with Gasteiger partial charge in [0.1, 0.15) is 0 Å². The van der Waals surface area contributed by atoms with E-state index in [-0.39, 0.29) is 6.42 Å². The molecule has 1 aromatic rings. The standard InChI is InChI=1S/C14H17N3O2/c15-7-4-8-17(12-5-2-1-3-6-12)14(9-13(18)19)10-16-11-14/h1-3,5-6,16H,4,8-11H2,(H,18,19). The lowest BCUT2D eigenvalue weighted by Crippen LogP contribution is -2.70. The van der Waals surface area contributed by atoms with Crippen LogP contribution in [0, 0.1) is 11.3 Å². The Hall–Kier alpha value is -2.06. The third kappa shape index (κ3) is 2.85. The molecule has 0 amide bonds. The number of nitriles is 1. The Labute approximate surface area is 112 Å². The third-order valence-electron chi connectivity index (χ3n) is 3.48. The van der Waals surface area contributed by atoms with Gasteiger partial charge < -0.3 is 15.3 Å². The summed E-state index contributed by atoms with van der Waals surface area (Å²) < 4.78 is 0. The molecule has 5 heteroatoms. The fraction of sp³-hybridized carbons (Fsp3) is 0.429. The van der Waals surface area contributed by atoms with Crippen molar-refractivity contribution < 1.29 is 9.90 Å². The molecule has 2 rings (SSSR count). The van der Waals surface area contributed by atoms with Crippen LogP contribution in [0.3, 0.4) is 0 Å². The van der Waals surface area contributed by atoms with Crippen molar-refractivity contribution in [2.45, 2.75) is 18.4 Å². The molecule has 0 saturated carbocycles. The van der Waals surface area contributed by atoms with Crippen molar-refractivity contribution in [1.29, 1.82) is 5.26 Å². The highest BCUT2D eigenvalue weighted by Gasteiger charge is 2.44. The van der Waals surface area contributed by atoms with E-state index in [4.69, 9.17) is 10.4 Å². The summed E-state index contributed by atoms with van der Waals surface area (Å²) in [5.74, 6) is -0.806. The number of rotatable bonds is 6. The number of carboxylic acids is 1. The van der Waals surface area contributed by atoms with E-state index in [1.165, 1.54) is 0 Å². The average molecular weight is 259 g/mol. The summed E-state index contributed by atoms with van der Waals surface area (Å²) in [5.41, 5.74) is 0.560. The first-order valence-corrected chi connectivity index (χ1v) is 6.30. The predicted molar refractivity (Wildman–Crippen MR) is 71.9 cm³/mol. The third-order valence-corrected chi connectivity index (χ3v) is 3.48. The van der Waals surface area contributed by atoms with Crippen LogP contribution < -0.4 is 10.2 Å². The first-order chi connectivity index (χ1) is 9.18. The van der Waals surface area contributed by atoms with Gasteiger partial charge in [-0.15, -0.1) is 0 Å². The summed E-state index contributed by atoms with van der Waals surface area (Å²) in [7, 11) is 0. The zero-order valence-electron chi connectivity index (χ0n) is 10.7. The molecule has 0 aromatic heterocycles. The Morgan fingerprint density at radius 2 is 2.11 bits per heavy atom. The average Bonchev–Trinajstić information content (AvgIpc) is 2.36. The molecule has 0 aliphatic carbocycles. The SMILES string of the molecule is N#CCCN(c1ccccc1)C1(CC(=O)O)CNC1. The molecule has 2 N–H and O–H groups in total. The number of nitrogens with one attached hydrogen (secondary N) is 1. The summed E-state index contributed by atoms with van der Waals surface area (Å²) in [5, 5.41) is 21.1. The number of hydrogen-bond acceptors (Lipinski definition) is 4. The van der Waals surface area contributed by atoms with Crippen molar-refractivity contribution >= 4 is 11.7 Å². The van der Waals surface area contributed by atoms with Gasteiger partial charge in [-0.3, -0.25) is 4.79 Å². The van der Waals surface area contributed by atoms with Crippen LogP contribution >= 0.6 is 0 Å². The number of nitrogens with zero attached hydrogens (tertiary/aromatic N) is 2. The molecule has 0 bridgehead atoms. The molecule has 1 fully saturated rings. The van der Waals surface area contributed by atoms with Gasteiger partial charge in [0.2, 0.25) is 0 Å². The van der Waals surface area contributed by atoms with Crippen LogP contribution in [0.15, 0.2) is 30.3 Å². The fourth-order valence-corrected chi connectivity index (χ4v) is 2.52. The number of para-hydroxylation sites is 1. The van der Waals surface area contributed by atoms with E-state index in [1.54, 1.807) is 0 Å². The predicted octanol–water partition coefficient (Wildman–Crippen LogP) is 1.22. The highest BCUT2D eigenvalue weighted by Crippen LogP contribution is 2.30. The van der Waals surface area contributed by atoms with Crippen LogP contribution in [-0.4, -0.2) is 36.2 Å². The first-order valence-electron chi connectivity index (χ1n) is 6.30. The number of benzene rings is 1. The molecule has 0 radical (unpaired) electrons. The van der Waals surface area contributed by atoms with Gasteiger partial charge in [-0.1, -0.05) is 18.2 Å². The molecule has 1 saturated heterocycles. The zero-order valence-corrected chi connectivity index (χ0v) is 10.7. The van der Waals surface area contributed by atoms with E-state index in [1.807, 2.05) is 30.3 Å². The number of carbonyl (C=O) groups is 1. The number of aliphatic carboxylic acids is 1. The zero-order chi connectivity index (χ0) is 13.7. The molecule has 19 heavy (non-hydrogen) atoms. The maximum atomic E-state index is 11.1. The molecular formula is C14H17N3O2. The van der Waals surface area contributed by atoms with Crippen molar-refractivity contribution in [3.05, 3.63) is 30.3 Å². The molecular weight excluding hydrogens is 242 g/mol. The molecule has 1 aliphatic heterocycles. The fourth-order valence-electron chi connectivity index (χ4n) is 2.52. The molecule has 1 aliphatic rings. The quantitative estimate of drug-likeness (QED) is 0.803. The van der Waals surface area contributed by atoms with Crippen LogP contribution in [0.1, 0.15) is 12.8 Å². The van der Waals surface area contributed by atoms with Crippen molar-refractivity contribution in [3.63, 3.8) is 0 Å². The van der Waals surface area contributed by atoms with E-state index < -0.39 is 11.5 Å². The van der Waals surface area contributed by atoms with E-state index in [2.05, 4.69) is 16.3 Å². The second-order valence-corrected chi connectivity index (χ2v) is 4.79. The minimum atomic E-state index is -0.806. The topological polar surface area (TPSA) is 76.4 Å². The lowest BCUT2D eigenvalue weighted by Gasteiger charge is -2.51. The largest absolute Gasteiger partial charge is 0.481 e. The highest BCUT2D eigenvalue weighted by molar-refractivity contribution is 5.70. The summed E-state index contributed by atoms with van der Waals surface area (Å²) in [4.78, 5) is 13.2. The maximum absolute atomic E-state index is 11.1. The maximum Gasteiger partial charge on any atom is 0.305 e. The van der Waals surface area contributed by atoms with Crippen molar-refractivity contribution in [2.24, 2.45) is 0 Å². The van der Waals surface area contributed by atoms with Gasteiger partial charge in [-0.25, -0.2) is 0 Å². The molecule has 0 unspecified atom stereocenters. The minimum absolute atomic E-state index is 0.0837. The van der Waals surface area contributed by atoms with Crippen molar-refractivity contribution in [3.8, 4) is 6.07 Å². The van der Waals surface area contributed by atoms with Gasteiger partial charge in [0, 0.05) is 25.3 Å². The van der Waals surface area contributed by atoms with Gasteiger partial charge in [0.15, 0.2) is 0 Å². The molecule has 100 valence electrons. The van der Waals surface area contributed by atoms with Gasteiger partial charge in [-0.05, 0) is 12.1 Å². The van der Waals surface area contributed by atoms with Crippen molar-refractivity contribution in [1.82, 2.24) is 5.32 Å². The second-order valence-electron chi connectivity index (χ2n) is 4.79. The lowest BCUT2D eigenvalue weighted by molar-refractivity contribution is -0.139. The smallest absolute Gasteiger partial charge is 0.305 e. The van der Waals surface area contributed by atoms with E-state index in [0.29, 0.717) is 26.1 Å². The van der Waals surface area contributed by atoms with E-state index >= 15 is 0 Å². The molecule has 0 spiro atoms. The number of carboxylic acid groups (broad SMARTS) is 1. The monoisotopic (exact) mass is 259 g/mol. The van der Waals surface area contributed by atoms with Gasteiger partial charge in [0.25, 0.3) is 0 Å². The van der Waals surface area contributed by atoms with Gasteiger partial charge in [-0.2, -0.15) is 5.26 Å². The Morgan fingerprint density at radius 1 is 1.42 bits per heavy atom. The molecule has 0 atom stereocenters. The van der Waals surface area contributed by atoms with E-state index in [0.717, 1.165) is 5.69 Å². The van der Waals surface area contributed by atoms with Gasteiger partial charge in [0.05, 0.1) is 24.4 Å². The Kier molecular flexibility index (Phi) is 4.03. The first kappa shape index (κ1) is 13.4. The highest BCUT2D eigenvalue weighted by atomic mass is 16.4. The van der Waals surface area contributed by atoms with Crippen molar-refractivity contribution in [2.75, 3.05) is 24.5 Å². The van der Waals surface area contributed by atoms with Gasteiger partial charge >= 0.3 is 5.97 Å². The summed E-state index contributed by atoms with van der Waals surface area (Å²) in [6, 6.07) is 11.8. The normalized spacial score (nSPS) is 16.2. The Balaban J connectivity index is 2.26. The van der Waals surface area contributed by atoms with Crippen LogP contribution in [0.4, 0.5) is 5.69 Å². The van der Waals surface area contributed by atoms with Crippen LogP contribution in [0.25, 0.3) is 0 Å². The van der Waals surface area contributed by atoms with Crippen LogP contribution in [0.5, 0.6) is 0 Å². The Morgan fingerprint density at radius 3 is 2.58 bits per heavy atom. The Bertz CT molecular complexity index is 477. The van der Waals surface area contributed by atoms with E-state index in [9.17, 15) is 4.79 Å². The minimum Gasteiger partial charge on any atom is -0.481 e. The van der Waals surface area contributed by atoms with Crippen LogP contribution in [0.2, 0.25) is 0 Å².